The molecule has 0 radical (unpaired) electrons. The molecule has 0 saturated carbocycles. The van der Waals surface area contributed by atoms with Crippen LogP contribution in [0.5, 0.6) is 0 Å². The monoisotopic (exact) mass is 294 g/mol. The van der Waals surface area contributed by atoms with Crippen molar-refractivity contribution >= 4 is 17.5 Å². The largest absolute Gasteiger partial charge is 0.290 e. The molecule has 3 rings (SSSR count). The second-order valence-electron chi connectivity index (χ2n) is 5.52. The van der Waals surface area contributed by atoms with Gasteiger partial charge in [0.25, 0.3) is 5.91 Å². The number of imide groups is 1. The van der Waals surface area contributed by atoms with E-state index in [1.165, 1.54) is 4.90 Å². The molecule has 4 nitrogen and oxygen atoms in total. The first kappa shape index (κ1) is 14.5. The van der Waals surface area contributed by atoms with E-state index in [0.717, 1.165) is 5.56 Å². The number of hydrogen-bond donors (Lipinski definition) is 0. The smallest absolute Gasteiger partial charge is 0.251 e. The Bertz CT molecular complexity index is 670. The number of hydrogen-bond acceptors (Lipinski definition) is 3. The molecule has 1 aliphatic rings. The SMILES string of the molecule is CN(Cc1ccccc1)[C@@H]1CC(=O)N(c2ccccc2)C1=O. The van der Waals surface area contributed by atoms with Gasteiger partial charge in [-0.05, 0) is 24.7 Å². The van der Waals surface area contributed by atoms with Gasteiger partial charge in [-0.2, -0.15) is 0 Å². The highest BCUT2D eigenvalue weighted by Gasteiger charge is 2.41. The number of benzene rings is 2. The van der Waals surface area contributed by atoms with Crippen LogP contribution in [-0.2, 0) is 16.1 Å². The molecule has 1 aliphatic heterocycles. The second-order valence-corrected chi connectivity index (χ2v) is 5.52. The molecular weight excluding hydrogens is 276 g/mol. The fraction of sp³-hybridized carbons (Fsp3) is 0.222. The van der Waals surface area contributed by atoms with Gasteiger partial charge in [0, 0.05) is 6.54 Å². The summed E-state index contributed by atoms with van der Waals surface area (Å²) in [6, 6.07) is 18.7. The number of carbonyl (C=O) groups is 2. The van der Waals surface area contributed by atoms with Gasteiger partial charge >= 0.3 is 0 Å². The van der Waals surface area contributed by atoms with Gasteiger partial charge in [-0.1, -0.05) is 48.5 Å². The van der Waals surface area contributed by atoms with E-state index in [4.69, 9.17) is 0 Å². The Morgan fingerprint density at radius 1 is 1.00 bits per heavy atom. The van der Waals surface area contributed by atoms with Crippen LogP contribution in [0.4, 0.5) is 5.69 Å². The van der Waals surface area contributed by atoms with Gasteiger partial charge in [-0.3, -0.25) is 14.5 Å². The van der Waals surface area contributed by atoms with Crippen molar-refractivity contribution in [3.05, 3.63) is 66.2 Å². The predicted molar refractivity (Wildman–Crippen MR) is 85.2 cm³/mol. The lowest BCUT2D eigenvalue weighted by Gasteiger charge is -2.22. The van der Waals surface area contributed by atoms with Crippen LogP contribution < -0.4 is 4.90 Å². The number of carbonyl (C=O) groups excluding carboxylic acids is 2. The van der Waals surface area contributed by atoms with Crippen molar-refractivity contribution in [1.29, 1.82) is 0 Å². The van der Waals surface area contributed by atoms with Crippen molar-refractivity contribution < 1.29 is 9.59 Å². The molecule has 2 aromatic carbocycles. The molecule has 1 atom stereocenters. The van der Waals surface area contributed by atoms with Gasteiger partial charge in [-0.15, -0.1) is 0 Å². The first-order valence-corrected chi connectivity index (χ1v) is 7.33. The van der Waals surface area contributed by atoms with Gasteiger partial charge in [0.1, 0.15) is 0 Å². The van der Waals surface area contributed by atoms with Crippen molar-refractivity contribution in [3.63, 3.8) is 0 Å². The lowest BCUT2D eigenvalue weighted by molar-refractivity contribution is -0.122. The third-order valence-corrected chi connectivity index (χ3v) is 3.94. The van der Waals surface area contributed by atoms with Crippen LogP contribution >= 0.6 is 0 Å². The molecule has 22 heavy (non-hydrogen) atoms. The lowest BCUT2D eigenvalue weighted by atomic mass is 10.1. The Labute approximate surface area is 130 Å². The molecule has 2 aromatic rings. The van der Waals surface area contributed by atoms with Gasteiger partial charge in [-0.25, -0.2) is 4.90 Å². The summed E-state index contributed by atoms with van der Waals surface area (Å²) in [4.78, 5) is 28.1. The highest BCUT2D eigenvalue weighted by atomic mass is 16.2. The summed E-state index contributed by atoms with van der Waals surface area (Å²) in [5.41, 5.74) is 1.77. The second kappa shape index (κ2) is 6.12. The van der Waals surface area contributed by atoms with Crippen molar-refractivity contribution in [3.8, 4) is 0 Å². The van der Waals surface area contributed by atoms with Crippen molar-refractivity contribution in [1.82, 2.24) is 4.90 Å². The summed E-state index contributed by atoms with van der Waals surface area (Å²) in [6.07, 6.45) is 0.233. The Balaban J connectivity index is 1.76. The van der Waals surface area contributed by atoms with E-state index >= 15 is 0 Å². The zero-order chi connectivity index (χ0) is 15.5. The number of nitrogens with zero attached hydrogens (tertiary/aromatic N) is 2. The maximum Gasteiger partial charge on any atom is 0.251 e. The third-order valence-electron chi connectivity index (χ3n) is 3.94. The Morgan fingerprint density at radius 2 is 1.59 bits per heavy atom. The summed E-state index contributed by atoms with van der Waals surface area (Å²) in [5.74, 6) is -0.282. The minimum atomic E-state index is -0.395. The number of rotatable bonds is 4. The Kier molecular flexibility index (Phi) is 4.02. The van der Waals surface area contributed by atoms with E-state index in [0.29, 0.717) is 12.2 Å². The van der Waals surface area contributed by atoms with Crippen molar-refractivity contribution in [2.45, 2.75) is 19.0 Å². The number of para-hydroxylation sites is 1. The fourth-order valence-corrected chi connectivity index (χ4v) is 2.79. The molecule has 0 aromatic heterocycles. The van der Waals surface area contributed by atoms with E-state index < -0.39 is 6.04 Å². The summed E-state index contributed by atoms with van der Waals surface area (Å²) in [5, 5.41) is 0. The summed E-state index contributed by atoms with van der Waals surface area (Å²) in [6.45, 7) is 0.646. The van der Waals surface area contributed by atoms with Crippen LogP contribution in [0.3, 0.4) is 0 Å². The highest BCUT2D eigenvalue weighted by Crippen LogP contribution is 2.25. The lowest BCUT2D eigenvalue weighted by Crippen LogP contribution is -2.39. The number of anilines is 1. The maximum absolute atomic E-state index is 12.6. The molecular formula is C18H18N2O2. The minimum Gasteiger partial charge on any atom is -0.290 e. The summed E-state index contributed by atoms with van der Waals surface area (Å²) in [7, 11) is 1.89. The summed E-state index contributed by atoms with van der Waals surface area (Å²) >= 11 is 0. The Morgan fingerprint density at radius 3 is 2.23 bits per heavy atom. The molecule has 112 valence electrons. The van der Waals surface area contributed by atoms with Gasteiger partial charge in [0.2, 0.25) is 5.91 Å². The number of likely N-dealkylation sites (N-methyl/N-ethyl adjacent to an activating group) is 1. The van der Waals surface area contributed by atoms with Crippen molar-refractivity contribution in [2.75, 3.05) is 11.9 Å². The standard InChI is InChI=1S/C18H18N2O2/c1-19(13-14-8-4-2-5-9-14)16-12-17(21)20(18(16)22)15-10-6-3-7-11-15/h2-11,16H,12-13H2,1H3/t16-/m1/s1. The minimum absolute atomic E-state index is 0.138. The molecule has 1 fully saturated rings. The van der Waals surface area contributed by atoms with Crippen LogP contribution in [0.2, 0.25) is 0 Å². The normalized spacial score (nSPS) is 18.3. The first-order chi connectivity index (χ1) is 10.7. The van der Waals surface area contributed by atoms with Crippen LogP contribution in [0.15, 0.2) is 60.7 Å². The van der Waals surface area contributed by atoms with E-state index in [1.54, 1.807) is 12.1 Å². The van der Waals surface area contributed by atoms with Crippen LogP contribution in [0, 0.1) is 0 Å². The quantitative estimate of drug-likeness (QED) is 0.813. The molecule has 0 N–H and O–H groups in total. The molecule has 0 aliphatic carbocycles. The zero-order valence-electron chi connectivity index (χ0n) is 12.5. The van der Waals surface area contributed by atoms with Gasteiger partial charge < -0.3 is 0 Å². The molecule has 4 heteroatoms. The molecule has 1 saturated heterocycles. The molecule has 1 heterocycles. The number of amides is 2. The van der Waals surface area contributed by atoms with Crippen LogP contribution in [-0.4, -0.2) is 29.8 Å². The van der Waals surface area contributed by atoms with E-state index in [1.807, 2.05) is 60.5 Å². The fourth-order valence-electron chi connectivity index (χ4n) is 2.79. The molecule has 0 bridgehead atoms. The van der Waals surface area contributed by atoms with E-state index in [2.05, 4.69) is 0 Å². The van der Waals surface area contributed by atoms with Crippen LogP contribution in [0.1, 0.15) is 12.0 Å². The van der Waals surface area contributed by atoms with E-state index in [9.17, 15) is 9.59 Å². The van der Waals surface area contributed by atoms with E-state index in [-0.39, 0.29) is 18.2 Å². The highest BCUT2D eigenvalue weighted by molar-refractivity contribution is 6.22. The van der Waals surface area contributed by atoms with Gasteiger partial charge in [0.15, 0.2) is 0 Å². The Hall–Kier alpha value is -2.46. The maximum atomic E-state index is 12.6. The average molecular weight is 294 g/mol. The molecule has 0 unspecified atom stereocenters. The topological polar surface area (TPSA) is 40.6 Å². The summed E-state index contributed by atoms with van der Waals surface area (Å²) < 4.78 is 0. The van der Waals surface area contributed by atoms with Crippen molar-refractivity contribution in [2.24, 2.45) is 0 Å². The zero-order valence-corrected chi connectivity index (χ0v) is 12.5. The third kappa shape index (κ3) is 2.78. The molecule has 0 spiro atoms. The molecule has 2 amide bonds. The first-order valence-electron chi connectivity index (χ1n) is 7.33. The predicted octanol–water partition coefficient (Wildman–Crippen LogP) is 2.45. The average Bonchev–Trinajstić information content (AvgIpc) is 2.84. The van der Waals surface area contributed by atoms with Gasteiger partial charge in [0.05, 0.1) is 18.2 Å². The van der Waals surface area contributed by atoms with Crippen LogP contribution in [0.25, 0.3) is 0 Å².